The zero-order valence-electron chi connectivity index (χ0n) is 12.0. The van der Waals surface area contributed by atoms with Crippen LogP contribution in [0.2, 0.25) is 0 Å². The van der Waals surface area contributed by atoms with Crippen LogP contribution < -0.4 is 11.1 Å². The quantitative estimate of drug-likeness (QED) is 0.799. The van der Waals surface area contributed by atoms with Gasteiger partial charge in [0, 0.05) is 18.6 Å². The summed E-state index contributed by atoms with van der Waals surface area (Å²) in [6.45, 7) is 9.97. The molecule has 2 rings (SSSR count). The Labute approximate surface area is 111 Å². The fraction of sp³-hybridized carbons (Fsp3) is 0.625. The molecule has 100 valence electrons. The fourth-order valence-corrected chi connectivity index (χ4v) is 2.60. The second-order valence-electron chi connectivity index (χ2n) is 6.67. The van der Waals surface area contributed by atoms with E-state index in [4.69, 9.17) is 5.73 Å². The van der Waals surface area contributed by atoms with Crippen molar-refractivity contribution in [1.82, 2.24) is 5.32 Å². The Kier molecular flexibility index (Phi) is 3.79. The topological polar surface area (TPSA) is 38.0 Å². The van der Waals surface area contributed by atoms with Crippen molar-refractivity contribution in [3.8, 4) is 0 Å². The van der Waals surface area contributed by atoms with Gasteiger partial charge in [-0.25, -0.2) is 0 Å². The van der Waals surface area contributed by atoms with Gasteiger partial charge in [-0.3, -0.25) is 0 Å². The maximum Gasteiger partial charge on any atom is 0.0198 e. The van der Waals surface area contributed by atoms with E-state index >= 15 is 0 Å². The molecule has 1 aliphatic heterocycles. The van der Waals surface area contributed by atoms with E-state index in [0.29, 0.717) is 12.0 Å². The first-order valence-electron chi connectivity index (χ1n) is 6.97. The molecule has 0 bridgehead atoms. The van der Waals surface area contributed by atoms with Gasteiger partial charge in [-0.1, -0.05) is 45.0 Å². The van der Waals surface area contributed by atoms with Gasteiger partial charge in [0.2, 0.25) is 0 Å². The van der Waals surface area contributed by atoms with Crippen molar-refractivity contribution < 1.29 is 0 Å². The van der Waals surface area contributed by atoms with Crippen LogP contribution in [0.1, 0.15) is 51.2 Å². The van der Waals surface area contributed by atoms with Crippen LogP contribution in [0.25, 0.3) is 0 Å². The summed E-state index contributed by atoms with van der Waals surface area (Å²) in [5.74, 6) is 0.560. The summed E-state index contributed by atoms with van der Waals surface area (Å²) in [5.41, 5.74) is 9.18. The average Bonchev–Trinajstić information content (AvgIpc) is 2.32. The van der Waals surface area contributed by atoms with E-state index in [9.17, 15) is 0 Å². The van der Waals surface area contributed by atoms with E-state index in [1.807, 2.05) is 0 Å². The van der Waals surface area contributed by atoms with E-state index in [0.717, 1.165) is 13.0 Å². The van der Waals surface area contributed by atoms with Crippen molar-refractivity contribution in [2.24, 2.45) is 5.73 Å². The summed E-state index contributed by atoms with van der Waals surface area (Å²) in [4.78, 5) is 0. The Morgan fingerprint density at radius 3 is 2.28 bits per heavy atom. The normalized spacial score (nSPS) is 29.3. The minimum atomic E-state index is 0.230. The first kappa shape index (κ1) is 13.6. The van der Waals surface area contributed by atoms with Crippen LogP contribution in [0.5, 0.6) is 0 Å². The van der Waals surface area contributed by atoms with Crippen molar-refractivity contribution >= 4 is 0 Å². The second-order valence-corrected chi connectivity index (χ2v) is 6.67. The lowest BCUT2D eigenvalue weighted by atomic mass is 9.83. The van der Waals surface area contributed by atoms with Gasteiger partial charge in [0.1, 0.15) is 0 Å². The monoisotopic (exact) mass is 246 g/mol. The Balaban J connectivity index is 2.11. The Morgan fingerprint density at radius 1 is 1.17 bits per heavy atom. The number of hydrogen-bond acceptors (Lipinski definition) is 2. The van der Waals surface area contributed by atoms with Gasteiger partial charge in [0.15, 0.2) is 0 Å². The predicted molar refractivity (Wildman–Crippen MR) is 77.9 cm³/mol. The summed E-state index contributed by atoms with van der Waals surface area (Å²) in [6, 6.07) is 9.78. The van der Waals surface area contributed by atoms with Gasteiger partial charge in [0.25, 0.3) is 0 Å². The van der Waals surface area contributed by atoms with Gasteiger partial charge in [-0.15, -0.1) is 0 Å². The van der Waals surface area contributed by atoms with Crippen molar-refractivity contribution in [1.29, 1.82) is 0 Å². The average molecular weight is 246 g/mol. The van der Waals surface area contributed by atoms with Gasteiger partial charge in [-0.2, -0.15) is 0 Å². The van der Waals surface area contributed by atoms with Crippen molar-refractivity contribution in [3.63, 3.8) is 0 Å². The molecule has 1 saturated heterocycles. The number of nitrogens with one attached hydrogen (secondary N) is 1. The second kappa shape index (κ2) is 5.02. The maximum atomic E-state index is 6.14. The molecule has 1 fully saturated rings. The van der Waals surface area contributed by atoms with E-state index < -0.39 is 0 Å². The highest BCUT2D eigenvalue weighted by molar-refractivity contribution is 5.30. The molecule has 0 saturated carbocycles. The molecule has 0 aromatic heterocycles. The highest BCUT2D eigenvalue weighted by atomic mass is 15.0. The van der Waals surface area contributed by atoms with Gasteiger partial charge >= 0.3 is 0 Å². The first-order chi connectivity index (χ1) is 8.38. The summed E-state index contributed by atoms with van der Waals surface area (Å²) >= 11 is 0. The van der Waals surface area contributed by atoms with Crippen LogP contribution in [0.4, 0.5) is 0 Å². The molecule has 3 unspecified atom stereocenters. The maximum absolute atomic E-state index is 6.14. The molecular weight excluding hydrogens is 220 g/mol. The summed E-state index contributed by atoms with van der Waals surface area (Å²) in [7, 11) is 0. The molecule has 3 atom stereocenters. The summed E-state index contributed by atoms with van der Waals surface area (Å²) < 4.78 is 0. The number of rotatable bonds is 1. The molecule has 2 heteroatoms. The van der Waals surface area contributed by atoms with Crippen LogP contribution in [0.15, 0.2) is 24.3 Å². The molecular formula is C16H26N2. The third-order valence-corrected chi connectivity index (χ3v) is 4.13. The minimum Gasteiger partial charge on any atom is -0.326 e. The SMILES string of the molecule is CC1NCC(c2ccc(C(C)(C)C)cc2)CC1N. The zero-order valence-corrected chi connectivity index (χ0v) is 12.0. The third kappa shape index (κ3) is 2.93. The highest BCUT2D eigenvalue weighted by Crippen LogP contribution is 2.28. The van der Waals surface area contributed by atoms with Crippen LogP contribution in [-0.4, -0.2) is 18.6 Å². The molecule has 1 aromatic carbocycles. The van der Waals surface area contributed by atoms with Gasteiger partial charge < -0.3 is 11.1 Å². The smallest absolute Gasteiger partial charge is 0.0198 e. The summed E-state index contributed by atoms with van der Waals surface area (Å²) in [5, 5.41) is 3.50. The fourth-order valence-electron chi connectivity index (χ4n) is 2.60. The lowest BCUT2D eigenvalue weighted by Gasteiger charge is -2.33. The summed E-state index contributed by atoms with van der Waals surface area (Å²) in [6.07, 6.45) is 1.09. The first-order valence-corrected chi connectivity index (χ1v) is 6.97. The highest BCUT2D eigenvalue weighted by Gasteiger charge is 2.25. The third-order valence-electron chi connectivity index (χ3n) is 4.13. The molecule has 1 aliphatic rings. The predicted octanol–water partition coefficient (Wildman–Crippen LogP) is 2.78. The van der Waals surface area contributed by atoms with Crippen LogP contribution >= 0.6 is 0 Å². The standard InChI is InChI=1S/C16H26N2/c1-11-15(17)9-13(10-18-11)12-5-7-14(8-6-12)16(2,3)4/h5-8,11,13,15,18H,9-10,17H2,1-4H3. The number of nitrogens with two attached hydrogens (primary N) is 1. The van der Waals surface area contributed by atoms with Gasteiger partial charge in [-0.05, 0) is 35.8 Å². The molecule has 18 heavy (non-hydrogen) atoms. The number of piperidine rings is 1. The molecule has 0 aliphatic carbocycles. The lowest BCUT2D eigenvalue weighted by Crippen LogP contribution is -2.50. The number of hydrogen-bond donors (Lipinski definition) is 2. The Hall–Kier alpha value is -0.860. The van der Waals surface area contributed by atoms with Crippen molar-refractivity contribution in [3.05, 3.63) is 35.4 Å². The molecule has 2 nitrogen and oxygen atoms in total. The van der Waals surface area contributed by atoms with Crippen LogP contribution in [0, 0.1) is 0 Å². The van der Waals surface area contributed by atoms with E-state index in [1.54, 1.807) is 0 Å². The minimum absolute atomic E-state index is 0.230. The molecule has 1 heterocycles. The molecule has 0 spiro atoms. The molecule has 0 amide bonds. The van der Waals surface area contributed by atoms with Crippen molar-refractivity contribution in [2.45, 2.75) is 57.5 Å². The zero-order chi connectivity index (χ0) is 13.3. The number of benzene rings is 1. The van der Waals surface area contributed by atoms with Crippen molar-refractivity contribution in [2.75, 3.05) is 6.54 Å². The van der Waals surface area contributed by atoms with E-state index in [1.165, 1.54) is 11.1 Å². The van der Waals surface area contributed by atoms with Crippen LogP contribution in [-0.2, 0) is 5.41 Å². The molecule has 3 N–H and O–H groups in total. The van der Waals surface area contributed by atoms with E-state index in [2.05, 4.69) is 57.3 Å². The molecule has 1 aromatic rings. The lowest BCUT2D eigenvalue weighted by molar-refractivity contribution is 0.337. The Bertz CT molecular complexity index is 389. The molecule has 0 radical (unpaired) electrons. The van der Waals surface area contributed by atoms with Gasteiger partial charge in [0.05, 0.1) is 0 Å². The van der Waals surface area contributed by atoms with E-state index in [-0.39, 0.29) is 11.5 Å². The van der Waals surface area contributed by atoms with Crippen LogP contribution in [0.3, 0.4) is 0 Å². The largest absolute Gasteiger partial charge is 0.326 e. The Morgan fingerprint density at radius 2 is 1.78 bits per heavy atom.